The molecule has 0 fully saturated rings. The van der Waals surface area contributed by atoms with E-state index in [1.807, 2.05) is 30.3 Å². The number of hydrogen-bond donors (Lipinski definition) is 1. The number of nitro groups is 1. The predicted octanol–water partition coefficient (Wildman–Crippen LogP) is 2.96. The molecule has 0 spiro atoms. The van der Waals surface area contributed by atoms with Crippen LogP contribution in [0.15, 0.2) is 53.5 Å². The van der Waals surface area contributed by atoms with Gasteiger partial charge in [-0.2, -0.15) is 0 Å². The van der Waals surface area contributed by atoms with Crippen molar-refractivity contribution in [2.45, 2.75) is 0 Å². The summed E-state index contributed by atoms with van der Waals surface area (Å²) in [5.74, 6) is -0.240. The molecule has 0 aromatic heterocycles. The Bertz CT molecular complexity index is 760. The van der Waals surface area contributed by atoms with Gasteiger partial charge in [-0.25, -0.2) is 0 Å². The number of nitro benzene ring substituents is 1. The van der Waals surface area contributed by atoms with Crippen molar-refractivity contribution in [2.24, 2.45) is 4.99 Å². The van der Waals surface area contributed by atoms with Gasteiger partial charge in [-0.15, -0.1) is 17.0 Å². The van der Waals surface area contributed by atoms with Crippen molar-refractivity contribution in [3.8, 4) is 0 Å². The molecule has 1 heterocycles. The third-order valence-electron chi connectivity index (χ3n) is 3.17. The molecule has 2 aromatic carbocycles. The number of non-ortho nitro benzene ring substituents is 1. The SMILES string of the molecule is Br.O=C1CN=C(c2ccccc2)c2cc([N+](=O)[O-])ccc2N1. The van der Waals surface area contributed by atoms with Gasteiger partial charge in [-0.3, -0.25) is 19.9 Å². The molecule has 1 aliphatic rings. The number of amides is 1. The minimum absolute atomic E-state index is 0. The number of nitrogens with zero attached hydrogens (tertiary/aromatic N) is 2. The summed E-state index contributed by atoms with van der Waals surface area (Å²) >= 11 is 0. The second-order valence-electron chi connectivity index (χ2n) is 4.57. The van der Waals surface area contributed by atoms with E-state index in [2.05, 4.69) is 10.3 Å². The molecule has 1 aliphatic heterocycles. The van der Waals surface area contributed by atoms with E-state index in [0.717, 1.165) is 5.56 Å². The van der Waals surface area contributed by atoms with Gasteiger partial charge < -0.3 is 5.32 Å². The molecule has 0 saturated carbocycles. The second kappa shape index (κ2) is 6.48. The number of rotatable bonds is 2. The molecule has 22 heavy (non-hydrogen) atoms. The van der Waals surface area contributed by atoms with Gasteiger partial charge >= 0.3 is 0 Å². The zero-order chi connectivity index (χ0) is 14.8. The first-order valence-corrected chi connectivity index (χ1v) is 6.33. The molecule has 0 unspecified atom stereocenters. The highest BCUT2D eigenvalue weighted by molar-refractivity contribution is 8.93. The number of aliphatic imine (C=N–C) groups is 1. The Balaban J connectivity index is 0.00000176. The van der Waals surface area contributed by atoms with Crippen LogP contribution in [0.25, 0.3) is 0 Å². The average molecular weight is 362 g/mol. The van der Waals surface area contributed by atoms with Crippen LogP contribution in [0.3, 0.4) is 0 Å². The van der Waals surface area contributed by atoms with Crippen molar-refractivity contribution in [1.82, 2.24) is 0 Å². The van der Waals surface area contributed by atoms with Crippen LogP contribution in [-0.2, 0) is 4.79 Å². The quantitative estimate of drug-likeness (QED) is 0.659. The number of halogens is 1. The Morgan fingerprint density at radius 1 is 1.14 bits per heavy atom. The smallest absolute Gasteiger partial charge is 0.270 e. The van der Waals surface area contributed by atoms with Crippen molar-refractivity contribution < 1.29 is 9.72 Å². The number of carbonyl (C=O) groups is 1. The Morgan fingerprint density at radius 2 is 1.86 bits per heavy atom. The van der Waals surface area contributed by atoms with Gasteiger partial charge in [-0.05, 0) is 6.07 Å². The summed E-state index contributed by atoms with van der Waals surface area (Å²) in [4.78, 5) is 26.5. The first kappa shape index (κ1) is 15.8. The summed E-state index contributed by atoms with van der Waals surface area (Å²) in [5.41, 5.74) is 2.45. The zero-order valence-electron chi connectivity index (χ0n) is 11.4. The number of benzene rings is 2. The van der Waals surface area contributed by atoms with Crippen molar-refractivity contribution in [3.05, 3.63) is 69.8 Å². The molecule has 112 valence electrons. The van der Waals surface area contributed by atoms with Gasteiger partial charge in [0.1, 0.15) is 6.54 Å². The lowest BCUT2D eigenvalue weighted by atomic mass is 10.00. The molecule has 1 amide bonds. The van der Waals surface area contributed by atoms with Crippen molar-refractivity contribution >= 4 is 40.0 Å². The topological polar surface area (TPSA) is 84.6 Å². The minimum Gasteiger partial charge on any atom is -0.324 e. The summed E-state index contributed by atoms with van der Waals surface area (Å²) in [6, 6.07) is 13.6. The van der Waals surface area contributed by atoms with Crippen LogP contribution in [0, 0.1) is 10.1 Å². The number of nitrogens with one attached hydrogen (secondary N) is 1. The average Bonchev–Trinajstić information content (AvgIpc) is 2.65. The van der Waals surface area contributed by atoms with E-state index in [-0.39, 0.29) is 35.1 Å². The Morgan fingerprint density at radius 3 is 2.55 bits per heavy atom. The highest BCUT2D eigenvalue weighted by Gasteiger charge is 2.20. The maximum atomic E-state index is 11.7. The van der Waals surface area contributed by atoms with Crippen LogP contribution < -0.4 is 5.32 Å². The monoisotopic (exact) mass is 361 g/mol. The summed E-state index contributed by atoms with van der Waals surface area (Å²) in [5, 5.41) is 13.7. The van der Waals surface area contributed by atoms with Gasteiger partial charge in [0.15, 0.2) is 0 Å². The van der Waals surface area contributed by atoms with Gasteiger partial charge in [0.05, 0.1) is 16.3 Å². The summed E-state index contributed by atoms with van der Waals surface area (Å²) in [6.07, 6.45) is 0. The normalized spacial score (nSPS) is 13.1. The molecule has 0 atom stereocenters. The van der Waals surface area contributed by atoms with Gasteiger partial charge in [0.25, 0.3) is 5.69 Å². The fraction of sp³-hybridized carbons (Fsp3) is 0.0667. The summed E-state index contributed by atoms with van der Waals surface area (Å²) in [7, 11) is 0. The van der Waals surface area contributed by atoms with Crippen molar-refractivity contribution in [2.75, 3.05) is 11.9 Å². The summed E-state index contributed by atoms with van der Waals surface area (Å²) < 4.78 is 0. The van der Waals surface area contributed by atoms with Gasteiger partial charge in [0, 0.05) is 23.3 Å². The molecule has 7 heteroatoms. The number of anilines is 1. The molecular weight excluding hydrogens is 350 g/mol. The van der Waals surface area contributed by atoms with E-state index in [1.165, 1.54) is 18.2 Å². The standard InChI is InChI=1S/C15H11N3O3.BrH/c19-14-9-16-15(10-4-2-1-3-5-10)12-8-11(18(20)21)6-7-13(12)17-14;/h1-8H,9H2,(H,17,19);1H. The number of fused-ring (bicyclic) bond motifs is 1. The van der Waals surface area contributed by atoms with Crippen molar-refractivity contribution in [3.63, 3.8) is 0 Å². The Kier molecular flexibility index (Phi) is 4.67. The lowest BCUT2D eigenvalue weighted by Gasteiger charge is -2.09. The molecule has 0 radical (unpaired) electrons. The van der Waals surface area contributed by atoms with E-state index in [0.29, 0.717) is 17.0 Å². The summed E-state index contributed by atoms with van der Waals surface area (Å²) in [6.45, 7) is -0.00724. The fourth-order valence-electron chi connectivity index (χ4n) is 2.22. The first-order chi connectivity index (χ1) is 10.1. The van der Waals surface area contributed by atoms with E-state index in [9.17, 15) is 14.9 Å². The number of benzodiazepines with no additional fused rings is 1. The van der Waals surface area contributed by atoms with Crippen LogP contribution in [0.1, 0.15) is 11.1 Å². The molecule has 0 saturated heterocycles. The zero-order valence-corrected chi connectivity index (χ0v) is 13.1. The highest BCUT2D eigenvalue weighted by Crippen LogP contribution is 2.26. The van der Waals surface area contributed by atoms with Gasteiger partial charge in [0.2, 0.25) is 5.91 Å². The Hall–Kier alpha value is -2.54. The lowest BCUT2D eigenvalue weighted by molar-refractivity contribution is -0.384. The van der Waals surface area contributed by atoms with Crippen molar-refractivity contribution in [1.29, 1.82) is 0 Å². The number of carbonyl (C=O) groups excluding carboxylic acids is 1. The maximum absolute atomic E-state index is 11.7. The molecule has 0 aliphatic carbocycles. The van der Waals surface area contributed by atoms with E-state index >= 15 is 0 Å². The third kappa shape index (κ3) is 3.04. The van der Waals surface area contributed by atoms with Crippen LogP contribution in [0.4, 0.5) is 11.4 Å². The fourth-order valence-corrected chi connectivity index (χ4v) is 2.22. The highest BCUT2D eigenvalue weighted by atomic mass is 79.9. The molecule has 0 bridgehead atoms. The first-order valence-electron chi connectivity index (χ1n) is 6.33. The predicted molar refractivity (Wildman–Crippen MR) is 89.0 cm³/mol. The third-order valence-corrected chi connectivity index (χ3v) is 3.17. The van der Waals surface area contributed by atoms with Crippen LogP contribution in [-0.4, -0.2) is 23.1 Å². The molecule has 6 nitrogen and oxygen atoms in total. The van der Waals surface area contributed by atoms with Crippen LogP contribution in [0.5, 0.6) is 0 Å². The minimum atomic E-state index is -0.463. The van der Waals surface area contributed by atoms with Gasteiger partial charge in [-0.1, -0.05) is 30.3 Å². The van der Waals surface area contributed by atoms with E-state index in [1.54, 1.807) is 0 Å². The molecular formula is C15H12BrN3O3. The largest absolute Gasteiger partial charge is 0.324 e. The Labute approximate surface area is 136 Å². The number of hydrogen-bond acceptors (Lipinski definition) is 4. The van der Waals surface area contributed by atoms with E-state index in [4.69, 9.17) is 0 Å². The molecule has 3 rings (SSSR count). The molecule has 1 N–H and O–H groups in total. The maximum Gasteiger partial charge on any atom is 0.270 e. The van der Waals surface area contributed by atoms with Crippen LogP contribution >= 0.6 is 17.0 Å². The molecule has 2 aromatic rings. The lowest BCUT2D eigenvalue weighted by Crippen LogP contribution is -2.13. The van der Waals surface area contributed by atoms with Crippen LogP contribution in [0.2, 0.25) is 0 Å². The second-order valence-corrected chi connectivity index (χ2v) is 4.57. The van der Waals surface area contributed by atoms with E-state index < -0.39 is 4.92 Å².